The van der Waals surface area contributed by atoms with Gasteiger partial charge in [-0.3, -0.25) is 0 Å². The van der Waals surface area contributed by atoms with E-state index in [4.69, 9.17) is 13.3 Å². The molecule has 0 saturated heterocycles. The van der Waals surface area contributed by atoms with Gasteiger partial charge in [-0.2, -0.15) is 0 Å². The fraction of sp³-hybridized carbons (Fsp3) is 0. The van der Waals surface area contributed by atoms with Crippen molar-refractivity contribution in [1.29, 1.82) is 0 Å². The summed E-state index contributed by atoms with van der Waals surface area (Å²) in [5, 5.41) is 22.5. The van der Waals surface area contributed by atoms with Gasteiger partial charge in [-0.25, -0.2) is 4.39 Å². The average Bonchev–Trinajstić information content (AvgIpc) is 2.11. The first kappa shape index (κ1) is 47.2. The Hall–Kier alpha value is -11.3. The van der Waals surface area contributed by atoms with Gasteiger partial charge in [0.15, 0.2) is 0 Å². The third-order valence-corrected chi connectivity index (χ3v) is 18.4. The molecule has 0 spiro atoms. The van der Waals surface area contributed by atoms with Crippen LogP contribution in [-0.2, 0) is 0 Å². The molecule has 19 aromatic rings. The third-order valence-electron chi connectivity index (χ3n) is 18.4. The van der Waals surface area contributed by atoms with Gasteiger partial charge < -0.3 is 13.3 Å². The van der Waals surface area contributed by atoms with Crippen molar-refractivity contribution in [3.8, 4) is 55.6 Å². The van der Waals surface area contributed by atoms with E-state index in [2.05, 4.69) is 249 Å². The Morgan fingerprint density at radius 1 is 0.198 bits per heavy atom. The largest absolute Gasteiger partial charge is 0.456 e. The Labute approximate surface area is 490 Å². The number of rotatable bonds is 5. The maximum absolute atomic E-state index is 14.3. The SMILES string of the molecule is Fc1ccc(-c2c3ccccc3c(-c3cccc4oc5cc6cc(-c7ccc8c(-c9cccc%10oc%11cc%12ccccc%12cc%11c9%10)c9ccccc9c(-c9ccc%10oc%11cc%12ccccc%12cc%11c%10c9)c8c7)ccc6cc5c34)c3ccccc23)cc1. The molecule has 3 aromatic heterocycles. The van der Waals surface area contributed by atoms with Crippen LogP contribution in [-0.4, -0.2) is 0 Å². The lowest BCUT2D eigenvalue weighted by Crippen LogP contribution is -1.92. The molecule has 0 N–H and O–H groups in total. The molecular formula is C82H45FO3. The molecule has 19 rings (SSSR count). The van der Waals surface area contributed by atoms with Crippen LogP contribution >= 0.6 is 0 Å². The summed E-state index contributed by atoms with van der Waals surface area (Å²) in [6, 6.07) is 97.0. The highest BCUT2D eigenvalue weighted by Gasteiger charge is 2.24. The molecule has 0 amide bonds. The predicted octanol–water partition coefficient (Wildman–Crippen LogP) is 23.9. The van der Waals surface area contributed by atoms with Crippen molar-refractivity contribution < 1.29 is 17.6 Å². The van der Waals surface area contributed by atoms with Crippen molar-refractivity contribution in [2.45, 2.75) is 0 Å². The van der Waals surface area contributed by atoms with Gasteiger partial charge >= 0.3 is 0 Å². The summed E-state index contributed by atoms with van der Waals surface area (Å²) in [5.74, 6) is -0.251. The van der Waals surface area contributed by atoms with Gasteiger partial charge in [0, 0.05) is 32.3 Å². The Balaban J connectivity index is 0.823. The van der Waals surface area contributed by atoms with Crippen LogP contribution in [0, 0.1) is 5.82 Å². The van der Waals surface area contributed by atoms with Gasteiger partial charge in [0.05, 0.1) is 0 Å². The normalized spacial score (nSPS) is 12.2. The van der Waals surface area contributed by atoms with Crippen LogP contribution in [0.25, 0.3) is 197 Å². The minimum atomic E-state index is -0.251. The van der Waals surface area contributed by atoms with E-state index < -0.39 is 0 Å². The minimum Gasteiger partial charge on any atom is -0.456 e. The summed E-state index contributed by atoms with van der Waals surface area (Å²) in [6.45, 7) is 0. The third kappa shape index (κ3) is 6.90. The molecule has 0 aliphatic heterocycles. The minimum absolute atomic E-state index is 0.251. The van der Waals surface area contributed by atoms with Gasteiger partial charge in [0.25, 0.3) is 0 Å². The van der Waals surface area contributed by atoms with Gasteiger partial charge in [0.2, 0.25) is 0 Å². The van der Waals surface area contributed by atoms with E-state index in [1.165, 1.54) is 27.3 Å². The maximum atomic E-state index is 14.3. The maximum Gasteiger partial charge on any atom is 0.136 e. The van der Waals surface area contributed by atoms with Gasteiger partial charge in [-0.15, -0.1) is 0 Å². The highest BCUT2D eigenvalue weighted by atomic mass is 19.1. The lowest BCUT2D eigenvalue weighted by molar-refractivity contribution is 0.628. The van der Waals surface area contributed by atoms with Crippen LogP contribution in [0.2, 0.25) is 0 Å². The molecule has 0 aliphatic carbocycles. The lowest BCUT2D eigenvalue weighted by Gasteiger charge is -2.19. The second kappa shape index (κ2) is 17.8. The van der Waals surface area contributed by atoms with Gasteiger partial charge in [-0.05, 0) is 216 Å². The van der Waals surface area contributed by atoms with Crippen LogP contribution in [0.5, 0.6) is 0 Å². The Kier molecular flexibility index (Phi) is 9.79. The standard InChI is InChI=1S/C82H45FO3/c83-56-33-29-46(30-34-56)77-57-17-5-8-20-60(57)79(61-21-9-6-18-58(61)77)64-23-11-26-73-81(64)70-41-53-28-27-51(37-55(53)45-76(70)86-73)52-31-35-63-68(39-52)78(54-32-36-71-66(42-54)67-38-47-13-1-3-15-49(47)43-74(67)84-71)59-19-7-10-22-62(59)80(63)65-24-12-25-72-82(65)69-40-48-14-2-4-16-50(48)44-75(69)85-72/h1-45H. The molecule has 0 bridgehead atoms. The van der Waals surface area contributed by atoms with Crippen molar-refractivity contribution in [2.24, 2.45) is 0 Å². The number of hydrogen-bond acceptors (Lipinski definition) is 3. The van der Waals surface area contributed by atoms with Crippen LogP contribution in [0.3, 0.4) is 0 Å². The zero-order valence-corrected chi connectivity index (χ0v) is 46.1. The zero-order valence-electron chi connectivity index (χ0n) is 46.1. The predicted molar refractivity (Wildman–Crippen MR) is 358 cm³/mol. The molecule has 0 fully saturated rings. The summed E-state index contributed by atoms with van der Waals surface area (Å²) in [6.07, 6.45) is 0. The second-order valence-electron chi connectivity index (χ2n) is 23.1. The van der Waals surface area contributed by atoms with Crippen molar-refractivity contribution in [1.82, 2.24) is 0 Å². The smallest absolute Gasteiger partial charge is 0.136 e. The lowest BCUT2D eigenvalue weighted by atomic mass is 9.83. The summed E-state index contributed by atoms with van der Waals surface area (Å²) < 4.78 is 34.6. The Morgan fingerprint density at radius 3 is 1.15 bits per heavy atom. The molecule has 4 heteroatoms. The quantitative estimate of drug-likeness (QED) is 0.161. The van der Waals surface area contributed by atoms with Crippen molar-refractivity contribution in [3.63, 3.8) is 0 Å². The monoisotopic (exact) mass is 1100 g/mol. The van der Waals surface area contributed by atoms with E-state index >= 15 is 0 Å². The Bertz CT molecular complexity index is 6100. The molecular weight excluding hydrogens is 1050 g/mol. The molecule has 0 unspecified atom stereocenters. The van der Waals surface area contributed by atoms with Crippen molar-refractivity contribution in [2.75, 3.05) is 0 Å². The molecule has 0 atom stereocenters. The molecule has 3 nitrogen and oxygen atoms in total. The summed E-state index contributed by atoms with van der Waals surface area (Å²) in [4.78, 5) is 0. The van der Waals surface area contributed by atoms with E-state index in [1.807, 2.05) is 12.1 Å². The first-order valence-corrected chi connectivity index (χ1v) is 29.3. The molecule has 0 radical (unpaired) electrons. The van der Waals surface area contributed by atoms with E-state index in [0.717, 1.165) is 170 Å². The zero-order chi connectivity index (χ0) is 56.3. The van der Waals surface area contributed by atoms with Crippen molar-refractivity contribution >= 4 is 141 Å². The van der Waals surface area contributed by atoms with E-state index in [9.17, 15) is 4.39 Å². The van der Waals surface area contributed by atoms with Crippen molar-refractivity contribution in [3.05, 3.63) is 279 Å². The number of furan rings is 3. The second-order valence-corrected chi connectivity index (χ2v) is 23.1. The Morgan fingerprint density at radius 2 is 0.581 bits per heavy atom. The summed E-state index contributed by atoms with van der Waals surface area (Å²) in [5.41, 5.74) is 16.3. The number of benzene rings is 16. The topological polar surface area (TPSA) is 39.4 Å². The van der Waals surface area contributed by atoms with Gasteiger partial charge in [-0.1, -0.05) is 188 Å². The summed E-state index contributed by atoms with van der Waals surface area (Å²) in [7, 11) is 0. The van der Waals surface area contributed by atoms with E-state index in [0.29, 0.717) is 0 Å². The van der Waals surface area contributed by atoms with Crippen LogP contribution in [0.15, 0.2) is 286 Å². The fourth-order valence-electron chi connectivity index (χ4n) is 14.6. The van der Waals surface area contributed by atoms with Crippen LogP contribution in [0.1, 0.15) is 0 Å². The summed E-state index contributed by atoms with van der Waals surface area (Å²) >= 11 is 0. The van der Waals surface area contributed by atoms with Crippen LogP contribution < -0.4 is 0 Å². The average molecular weight is 1100 g/mol. The number of halogens is 1. The molecule has 3 heterocycles. The van der Waals surface area contributed by atoms with Gasteiger partial charge in [0.1, 0.15) is 39.3 Å². The highest BCUT2D eigenvalue weighted by Crippen LogP contribution is 2.51. The first-order valence-electron chi connectivity index (χ1n) is 29.3. The number of fused-ring (bicyclic) bond motifs is 16. The molecule has 0 saturated carbocycles. The molecule has 86 heavy (non-hydrogen) atoms. The fourth-order valence-corrected chi connectivity index (χ4v) is 14.6. The molecule has 398 valence electrons. The van der Waals surface area contributed by atoms with E-state index in [-0.39, 0.29) is 5.82 Å². The molecule has 0 aliphatic rings. The molecule has 16 aromatic carbocycles. The van der Waals surface area contributed by atoms with E-state index in [1.54, 1.807) is 12.1 Å². The van der Waals surface area contributed by atoms with Crippen LogP contribution in [0.4, 0.5) is 4.39 Å². The first-order chi connectivity index (χ1) is 42.5. The highest BCUT2D eigenvalue weighted by molar-refractivity contribution is 6.29. The number of hydrogen-bond donors (Lipinski definition) is 0.